The van der Waals surface area contributed by atoms with Gasteiger partial charge in [0.05, 0.1) is 11.9 Å². The van der Waals surface area contributed by atoms with Crippen molar-refractivity contribution in [3.05, 3.63) is 78.2 Å². The van der Waals surface area contributed by atoms with E-state index in [1.165, 1.54) is 16.8 Å². The molecule has 7 nitrogen and oxygen atoms in total. The topological polar surface area (TPSA) is 92.4 Å². The second kappa shape index (κ2) is 6.64. The van der Waals surface area contributed by atoms with Crippen molar-refractivity contribution in [3.63, 3.8) is 0 Å². The Labute approximate surface area is 149 Å². The lowest BCUT2D eigenvalue weighted by Gasteiger charge is -2.06. The molecule has 0 spiro atoms. The van der Waals surface area contributed by atoms with Crippen molar-refractivity contribution in [2.75, 3.05) is 0 Å². The van der Waals surface area contributed by atoms with E-state index in [0.29, 0.717) is 23.4 Å². The predicted molar refractivity (Wildman–Crippen MR) is 95.5 cm³/mol. The SMILES string of the molecule is O=C(NCc1ccccc1)c1cnn2c(O)cc(-c3ccncc3)nc12. The van der Waals surface area contributed by atoms with Gasteiger partial charge in [-0.1, -0.05) is 30.3 Å². The second-order valence-corrected chi connectivity index (χ2v) is 5.70. The first-order valence-electron chi connectivity index (χ1n) is 8.02. The Morgan fingerprint density at radius 1 is 1.12 bits per heavy atom. The molecule has 3 heterocycles. The monoisotopic (exact) mass is 345 g/mol. The van der Waals surface area contributed by atoms with Crippen molar-refractivity contribution >= 4 is 11.6 Å². The van der Waals surface area contributed by atoms with Gasteiger partial charge in [0.2, 0.25) is 5.88 Å². The first kappa shape index (κ1) is 15.8. The minimum absolute atomic E-state index is 0.0936. The molecule has 4 rings (SSSR count). The highest BCUT2D eigenvalue weighted by atomic mass is 16.3. The lowest BCUT2D eigenvalue weighted by molar-refractivity contribution is 0.0952. The van der Waals surface area contributed by atoms with Gasteiger partial charge in [-0.15, -0.1) is 0 Å². The Morgan fingerprint density at radius 2 is 1.88 bits per heavy atom. The number of carbonyl (C=O) groups excluding carboxylic acids is 1. The summed E-state index contributed by atoms with van der Waals surface area (Å²) in [5.74, 6) is -0.397. The fourth-order valence-electron chi connectivity index (χ4n) is 2.65. The molecule has 0 aliphatic rings. The Balaban J connectivity index is 1.67. The number of fused-ring (bicyclic) bond motifs is 1. The van der Waals surface area contributed by atoms with Crippen LogP contribution in [0.1, 0.15) is 15.9 Å². The quantitative estimate of drug-likeness (QED) is 0.593. The van der Waals surface area contributed by atoms with Crippen molar-refractivity contribution < 1.29 is 9.90 Å². The average Bonchev–Trinajstić information content (AvgIpc) is 3.12. The molecule has 7 heteroatoms. The van der Waals surface area contributed by atoms with Gasteiger partial charge in [0, 0.05) is 30.6 Å². The van der Waals surface area contributed by atoms with Gasteiger partial charge >= 0.3 is 0 Å². The van der Waals surface area contributed by atoms with E-state index >= 15 is 0 Å². The van der Waals surface area contributed by atoms with Crippen LogP contribution >= 0.6 is 0 Å². The number of pyridine rings is 1. The molecule has 0 radical (unpaired) electrons. The van der Waals surface area contributed by atoms with E-state index in [2.05, 4.69) is 20.4 Å². The summed E-state index contributed by atoms with van der Waals surface area (Å²) in [6.45, 7) is 0.396. The zero-order chi connectivity index (χ0) is 17.9. The van der Waals surface area contributed by atoms with E-state index in [0.717, 1.165) is 11.1 Å². The van der Waals surface area contributed by atoms with Crippen LogP contribution in [0.15, 0.2) is 67.1 Å². The van der Waals surface area contributed by atoms with Crippen molar-refractivity contribution in [3.8, 4) is 17.1 Å². The number of aromatic hydroxyl groups is 1. The van der Waals surface area contributed by atoms with Crippen molar-refractivity contribution in [1.82, 2.24) is 24.9 Å². The molecule has 0 saturated heterocycles. The minimum atomic E-state index is -0.303. The number of carbonyl (C=O) groups is 1. The van der Waals surface area contributed by atoms with Gasteiger partial charge < -0.3 is 10.4 Å². The number of rotatable bonds is 4. The molecule has 0 unspecified atom stereocenters. The number of amides is 1. The fourth-order valence-corrected chi connectivity index (χ4v) is 2.65. The van der Waals surface area contributed by atoms with Crippen LogP contribution in [0.4, 0.5) is 0 Å². The van der Waals surface area contributed by atoms with Gasteiger partial charge in [0.25, 0.3) is 5.91 Å². The number of hydrogen-bond donors (Lipinski definition) is 2. The third kappa shape index (κ3) is 2.98. The zero-order valence-electron chi connectivity index (χ0n) is 13.7. The van der Waals surface area contributed by atoms with E-state index in [1.807, 2.05) is 30.3 Å². The van der Waals surface area contributed by atoms with Crippen LogP contribution in [0.2, 0.25) is 0 Å². The molecular weight excluding hydrogens is 330 g/mol. The number of nitrogens with one attached hydrogen (secondary N) is 1. The van der Waals surface area contributed by atoms with Crippen LogP contribution in [0.25, 0.3) is 16.9 Å². The highest BCUT2D eigenvalue weighted by Gasteiger charge is 2.17. The normalized spacial score (nSPS) is 10.8. The van der Waals surface area contributed by atoms with Crippen LogP contribution in [0, 0.1) is 0 Å². The van der Waals surface area contributed by atoms with E-state index < -0.39 is 0 Å². The summed E-state index contributed by atoms with van der Waals surface area (Å²) >= 11 is 0. The highest BCUT2D eigenvalue weighted by molar-refractivity contribution is 5.99. The fraction of sp³-hybridized carbons (Fsp3) is 0.0526. The summed E-state index contributed by atoms with van der Waals surface area (Å²) in [5.41, 5.74) is 2.91. The van der Waals surface area contributed by atoms with Gasteiger partial charge in [-0.3, -0.25) is 9.78 Å². The lowest BCUT2D eigenvalue weighted by atomic mass is 10.2. The average molecular weight is 345 g/mol. The summed E-state index contributed by atoms with van der Waals surface area (Å²) in [4.78, 5) is 21.0. The molecule has 0 bridgehead atoms. The van der Waals surface area contributed by atoms with E-state index in [1.54, 1.807) is 24.5 Å². The summed E-state index contributed by atoms with van der Waals surface area (Å²) in [7, 11) is 0. The van der Waals surface area contributed by atoms with Crippen LogP contribution in [0.3, 0.4) is 0 Å². The Hall–Kier alpha value is -3.74. The predicted octanol–water partition coefficient (Wildman–Crippen LogP) is 2.43. The van der Waals surface area contributed by atoms with Crippen molar-refractivity contribution in [2.45, 2.75) is 6.54 Å². The molecule has 4 aromatic rings. The molecule has 3 aromatic heterocycles. The van der Waals surface area contributed by atoms with Gasteiger partial charge in [0.15, 0.2) is 5.65 Å². The standard InChI is InChI=1S/C19H15N5O2/c25-17-10-16(14-6-8-20-9-7-14)23-18-15(12-22-24(17)18)19(26)21-11-13-4-2-1-3-5-13/h1-10,12,25H,11H2,(H,21,26). The van der Waals surface area contributed by atoms with Gasteiger partial charge in [0.1, 0.15) is 5.56 Å². The summed E-state index contributed by atoms with van der Waals surface area (Å²) in [6.07, 6.45) is 4.68. The van der Waals surface area contributed by atoms with Crippen molar-refractivity contribution in [1.29, 1.82) is 0 Å². The Morgan fingerprint density at radius 3 is 2.65 bits per heavy atom. The smallest absolute Gasteiger partial charge is 0.257 e. The molecule has 1 aromatic carbocycles. The maximum absolute atomic E-state index is 12.6. The Bertz CT molecular complexity index is 1060. The van der Waals surface area contributed by atoms with Crippen LogP contribution in [-0.2, 0) is 6.54 Å². The van der Waals surface area contributed by atoms with Crippen LogP contribution in [0.5, 0.6) is 5.88 Å². The maximum atomic E-state index is 12.6. The molecule has 0 aliphatic carbocycles. The first-order chi connectivity index (χ1) is 12.7. The molecule has 128 valence electrons. The van der Waals surface area contributed by atoms with Gasteiger partial charge in [-0.25, -0.2) is 4.98 Å². The third-order valence-electron chi connectivity index (χ3n) is 3.97. The van der Waals surface area contributed by atoms with E-state index in [9.17, 15) is 9.90 Å². The molecule has 1 amide bonds. The minimum Gasteiger partial charge on any atom is -0.493 e. The largest absolute Gasteiger partial charge is 0.493 e. The van der Waals surface area contributed by atoms with E-state index in [4.69, 9.17) is 0 Å². The Kier molecular flexibility index (Phi) is 4.03. The van der Waals surface area contributed by atoms with Crippen LogP contribution in [-0.4, -0.2) is 30.6 Å². The molecule has 0 saturated carbocycles. The molecule has 26 heavy (non-hydrogen) atoms. The number of nitrogens with zero attached hydrogens (tertiary/aromatic N) is 4. The summed E-state index contributed by atoms with van der Waals surface area (Å²) < 4.78 is 1.24. The molecule has 0 fully saturated rings. The second-order valence-electron chi connectivity index (χ2n) is 5.70. The van der Waals surface area contributed by atoms with Crippen molar-refractivity contribution in [2.24, 2.45) is 0 Å². The van der Waals surface area contributed by atoms with Gasteiger partial charge in [-0.2, -0.15) is 9.61 Å². The zero-order valence-corrected chi connectivity index (χ0v) is 13.7. The number of aromatic nitrogens is 4. The first-order valence-corrected chi connectivity index (χ1v) is 8.02. The summed E-state index contributed by atoms with van der Waals surface area (Å²) in [5, 5.41) is 17.1. The number of hydrogen-bond acceptors (Lipinski definition) is 5. The molecule has 2 N–H and O–H groups in total. The lowest BCUT2D eigenvalue weighted by Crippen LogP contribution is -2.22. The van der Waals surface area contributed by atoms with Gasteiger partial charge in [-0.05, 0) is 17.7 Å². The molecule has 0 aliphatic heterocycles. The maximum Gasteiger partial charge on any atom is 0.257 e. The molecule has 0 atom stereocenters. The summed E-state index contributed by atoms with van der Waals surface area (Å²) in [6, 6.07) is 14.7. The number of benzene rings is 1. The van der Waals surface area contributed by atoms with Crippen LogP contribution < -0.4 is 5.32 Å². The van der Waals surface area contributed by atoms with E-state index in [-0.39, 0.29) is 11.8 Å². The molecular formula is C19H15N5O2. The highest BCUT2D eigenvalue weighted by Crippen LogP contribution is 2.23. The third-order valence-corrected chi connectivity index (χ3v) is 3.97.